The Morgan fingerprint density at radius 1 is 1.00 bits per heavy atom. The van der Waals surface area contributed by atoms with Gasteiger partial charge in [0.2, 0.25) is 11.9 Å². The van der Waals surface area contributed by atoms with Gasteiger partial charge in [0, 0.05) is 24.5 Å². The van der Waals surface area contributed by atoms with Crippen LogP contribution >= 0.6 is 0 Å². The minimum atomic E-state index is -5.08. The number of aryl methyl sites for hydroxylation is 1. The number of aliphatic hydroxyl groups excluding tert-OH is 1. The molecule has 0 bridgehead atoms. The molecule has 5 N–H and O–H groups in total. The monoisotopic (exact) mass is 580 g/mol. The van der Waals surface area contributed by atoms with E-state index in [0.717, 1.165) is 11.1 Å². The number of aromatic amines is 1. The minimum absolute atomic E-state index is 0.0696. The van der Waals surface area contributed by atoms with E-state index < -0.39 is 12.1 Å². The number of hydrogen-bond acceptors (Lipinski definition) is 11. The van der Waals surface area contributed by atoms with E-state index in [1.54, 1.807) is 38.5 Å². The van der Waals surface area contributed by atoms with Crippen molar-refractivity contribution < 1.29 is 42.4 Å². The molecule has 0 aliphatic carbocycles. The number of aromatic nitrogens is 4. The molecule has 4 aromatic rings. The van der Waals surface area contributed by atoms with Crippen LogP contribution in [0.1, 0.15) is 5.69 Å². The van der Waals surface area contributed by atoms with Gasteiger partial charge in [0.05, 0.1) is 42.9 Å². The van der Waals surface area contributed by atoms with Gasteiger partial charge in [-0.25, -0.2) is 19.7 Å². The molecule has 4 rings (SSSR count). The molecule has 13 nitrogen and oxygen atoms in total. The van der Waals surface area contributed by atoms with Crippen molar-refractivity contribution in [1.82, 2.24) is 25.3 Å². The van der Waals surface area contributed by atoms with Crippen molar-refractivity contribution in [3.8, 4) is 17.2 Å². The average molecular weight is 581 g/mol. The van der Waals surface area contributed by atoms with E-state index in [9.17, 15) is 18.0 Å². The number of nitrogens with one attached hydrogen (secondary N) is 3. The molecule has 0 unspecified atom stereocenters. The largest absolute Gasteiger partial charge is 0.493 e. The zero-order valence-corrected chi connectivity index (χ0v) is 22.1. The summed E-state index contributed by atoms with van der Waals surface area (Å²) in [4.78, 5) is 37.8. The first kappa shape index (κ1) is 30.8. The van der Waals surface area contributed by atoms with Crippen LogP contribution in [0.25, 0.3) is 21.8 Å². The molecular formula is C25H27F3N6O7. The summed E-state index contributed by atoms with van der Waals surface area (Å²) in [6, 6.07) is 8.71. The molecule has 2 heterocycles. The second kappa shape index (κ2) is 13.6. The van der Waals surface area contributed by atoms with E-state index in [4.69, 9.17) is 29.2 Å². The van der Waals surface area contributed by atoms with Crippen molar-refractivity contribution >= 4 is 39.7 Å². The lowest BCUT2D eigenvalue weighted by Crippen LogP contribution is -2.24. The van der Waals surface area contributed by atoms with Gasteiger partial charge in [-0.2, -0.15) is 13.2 Å². The first-order valence-electron chi connectivity index (χ1n) is 11.9. The van der Waals surface area contributed by atoms with Crippen LogP contribution in [-0.4, -0.2) is 82.8 Å². The van der Waals surface area contributed by atoms with Gasteiger partial charge in [-0.15, -0.1) is 0 Å². The normalized spacial score (nSPS) is 11.1. The molecule has 0 saturated heterocycles. The molecule has 0 saturated carbocycles. The summed E-state index contributed by atoms with van der Waals surface area (Å²) in [6.07, 6.45) is -5.08. The lowest BCUT2D eigenvalue weighted by molar-refractivity contribution is -0.192. The molecule has 220 valence electrons. The van der Waals surface area contributed by atoms with Gasteiger partial charge < -0.3 is 29.7 Å². The summed E-state index contributed by atoms with van der Waals surface area (Å²) < 4.78 is 48.1. The molecule has 0 spiro atoms. The first-order chi connectivity index (χ1) is 19.5. The highest BCUT2D eigenvalue weighted by molar-refractivity contribution is 5.86. The topological polar surface area (TPSA) is 181 Å². The summed E-state index contributed by atoms with van der Waals surface area (Å²) in [5, 5.41) is 23.1. The number of H-pyrrole nitrogens is 1. The number of carboxylic acids is 1. The number of carbonyl (C=O) groups is 1. The van der Waals surface area contributed by atoms with Gasteiger partial charge in [0.15, 0.2) is 11.5 Å². The van der Waals surface area contributed by atoms with Crippen LogP contribution in [-0.2, 0) is 4.79 Å². The zero-order valence-electron chi connectivity index (χ0n) is 22.1. The number of halogens is 3. The second-order valence-corrected chi connectivity index (χ2v) is 8.20. The second-order valence-electron chi connectivity index (χ2n) is 8.20. The van der Waals surface area contributed by atoms with Crippen LogP contribution in [0, 0.1) is 6.92 Å². The molecule has 2 aromatic heterocycles. The van der Waals surface area contributed by atoms with Gasteiger partial charge in [0.25, 0.3) is 5.56 Å². The highest BCUT2D eigenvalue weighted by Gasteiger charge is 2.38. The fourth-order valence-electron chi connectivity index (χ4n) is 3.48. The zero-order chi connectivity index (χ0) is 30.2. The maximum atomic E-state index is 12.7. The number of methoxy groups -OCH3 is 2. The number of anilines is 2. The molecule has 0 atom stereocenters. The van der Waals surface area contributed by atoms with Gasteiger partial charge in [0.1, 0.15) is 12.4 Å². The Labute approximate surface area is 230 Å². The standard InChI is InChI=1S/C23H26N6O5.C2HF3O2/c1-13-15-11-19(32-2)20(33-3)12-18(15)27-22(25-13)29-23-26-17-5-4-14(10-16(17)21(31)28-23)34-9-7-24-6-8-30;3-2(4,5)1(6)7/h4-5,10-12,24,30H,6-9H2,1-3H3,(H2,25,26,27,28,29,31);(H,6,7). The highest BCUT2D eigenvalue weighted by Crippen LogP contribution is 2.33. The first-order valence-corrected chi connectivity index (χ1v) is 11.9. The molecule has 2 aromatic carbocycles. The summed E-state index contributed by atoms with van der Waals surface area (Å²) >= 11 is 0. The molecule has 0 fully saturated rings. The Bertz CT molecular complexity index is 1580. The highest BCUT2D eigenvalue weighted by atomic mass is 19.4. The SMILES string of the molecule is COc1cc2nc(Nc3nc4ccc(OCCNCCO)cc4c(=O)[nH]3)nc(C)c2cc1OC.O=C(O)C(F)(F)F. The van der Waals surface area contributed by atoms with Crippen molar-refractivity contribution in [2.75, 3.05) is 45.8 Å². The summed E-state index contributed by atoms with van der Waals surface area (Å²) in [5.74, 6) is -0.545. The number of hydrogen-bond donors (Lipinski definition) is 5. The Hall–Kier alpha value is -4.70. The van der Waals surface area contributed by atoms with Crippen molar-refractivity contribution in [3.63, 3.8) is 0 Å². The smallest absolute Gasteiger partial charge is 0.490 e. The third-order valence-electron chi connectivity index (χ3n) is 5.38. The van der Waals surface area contributed by atoms with Crippen LogP contribution < -0.4 is 30.4 Å². The molecule has 0 aliphatic heterocycles. The van der Waals surface area contributed by atoms with Crippen LogP contribution in [0.3, 0.4) is 0 Å². The number of aliphatic hydroxyl groups is 1. The predicted molar refractivity (Wildman–Crippen MR) is 142 cm³/mol. The molecular weight excluding hydrogens is 553 g/mol. The Morgan fingerprint density at radius 3 is 2.32 bits per heavy atom. The van der Waals surface area contributed by atoms with Gasteiger partial charge >= 0.3 is 12.1 Å². The number of fused-ring (bicyclic) bond motifs is 2. The van der Waals surface area contributed by atoms with Crippen LogP contribution in [0.2, 0.25) is 0 Å². The summed E-state index contributed by atoms with van der Waals surface area (Å²) in [7, 11) is 3.13. The van der Waals surface area contributed by atoms with Crippen LogP contribution in [0.4, 0.5) is 25.1 Å². The lowest BCUT2D eigenvalue weighted by Gasteiger charge is -2.12. The fraction of sp³-hybridized carbons (Fsp3) is 0.320. The molecule has 0 amide bonds. The Morgan fingerprint density at radius 2 is 1.68 bits per heavy atom. The van der Waals surface area contributed by atoms with Crippen molar-refractivity contribution in [2.24, 2.45) is 0 Å². The molecule has 0 aliphatic rings. The number of ether oxygens (including phenoxy) is 3. The van der Waals surface area contributed by atoms with Gasteiger partial charge in [-0.1, -0.05) is 0 Å². The average Bonchev–Trinajstić information content (AvgIpc) is 2.92. The fourth-order valence-corrected chi connectivity index (χ4v) is 3.48. The maximum absolute atomic E-state index is 12.7. The minimum Gasteiger partial charge on any atom is -0.493 e. The molecule has 41 heavy (non-hydrogen) atoms. The van der Waals surface area contributed by atoms with Crippen molar-refractivity contribution in [3.05, 3.63) is 46.4 Å². The maximum Gasteiger partial charge on any atom is 0.490 e. The molecule has 0 radical (unpaired) electrons. The van der Waals surface area contributed by atoms with Crippen molar-refractivity contribution in [2.45, 2.75) is 13.1 Å². The van der Waals surface area contributed by atoms with Crippen molar-refractivity contribution in [1.29, 1.82) is 0 Å². The summed E-state index contributed by atoms with van der Waals surface area (Å²) in [5.41, 5.74) is 1.57. The van der Waals surface area contributed by atoms with E-state index in [-0.39, 0.29) is 24.1 Å². The predicted octanol–water partition coefficient (Wildman–Crippen LogP) is 2.53. The van der Waals surface area contributed by atoms with Gasteiger partial charge in [-0.05, 0) is 31.2 Å². The quantitative estimate of drug-likeness (QED) is 0.173. The number of carboxylic acid groups (broad SMARTS) is 1. The number of alkyl halides is 3. The van der Waals surface area contributed by atoms with E-state index >= 15 is 0 Å². The van der Waals surface area contributed by atoms with E-state index in [1.807, 2.05) is 13.0 Å². The number of aliphatic carboxylic acids is 1. The number of benzene rings is 2. The Balaban J connectivity index is 0.000000587. The number of nitrogens with zero attached hydrogens (tertiary/aromatic N) is 3. The van der Waals surface area contributed by atoms with E-state index in [1.165, 1.54) is 0 Å². The lowest BCUT2D eigenvalue weighted by atomic mass is 10.1. The van der Waals surface area contributed by atoms with E-state index in [0.29, 0.717) is 53.4 Å². The van der Waals surface area contributed by atoms with E-state index in [2.05, 4.69) is 30.6 Å². The third kappa shape index (κ3) is 8.15. The molecule has 16 heteroatoms. The van der Waals surface area contributed by atoms with Crippen LogP contribution in [0.15, 0.2) is 35.1 Å². The summed E-state index contributed by atoms with van der Waals surface area (Å²) in [6.45, 7) is 3.42. The third-order valence-corrected chi connectivity index (χ3v) is 5.38. The van der Waals surface area contributed by atoms with Crippen LogP contribution in [0.5, 0.6) is 17.2 Å². The van der Waals surface area contributed by atoms with Gasteiger partial charge in [-0.3, -0.25) is 15.1 Å². The Kier molecular flexibility index (Phi) is 10.2. The number of rotatable bonds is 10.